The Labute approximate surface area is 220 Å². The molecule has 1 atom stereocenters. The first-order valence-corrected chi connectivity index (χ1v) is 13.4. The second-order valence-corrected chi connectivity index (χ2v) is 10.9. The van der Waals surface area contributed by atoms with Gasteiger partial charge in [-0.1, -0.05) is 6.07 Å². The minimum Gasteiger partial charge on any atom is -0.493 e. The van der Waals surface area contributed by atoms with Crippen molar-refractivity contribution in [3.63, 3.8) is 0 Å². The van der Waals surface area contributed by atoms with Gasteiger partial charge in [-0.05, 0) is 53.9 Å². The van der Waals surface area contributed by atoms with Gasteiger partial charge in [0.05, 0.1) is 34.9 Å². The molecule has 38 heavy (non-hydrogen) atoms. The zero-order chi connectivity index (χ0) is 28.1. The summed E-state index contributed by atoms with van der Waals surface area (Å²) in [6.07, 6.45) is -3.03. The van der Waals surface area contributed by atoms with Gasteiger partial charge in [0.2, 0.25) is 5.28 Å². The Kier molecular flexibility index (Phi) is 9.26. The molecule has 14 heteroatoms. The fraction of sp³-hybridized carbons (Fsp3) is 0.292. The maximum absolute atomic E-state index is 14.2. The summed E-state index contributed by atoms with van der Waals surface area (Å²) in [6.45, 7) is 1.88. The normalized spacial score (nSPS) is 13.1. The summed E-state index contributed by atoms with van der Waals surface area (Å²) in [5.41, 5.74) is 1.08. The lowest BCUT2D eigenvalue weighted by Gasteiger charge is -2.13. The number of nitrogens with zero attached hydrogens (tertiary/aromatic N) is 3. The second kappa shape index (κ2) is 12.0. The summed E-state index contributed by atoms with van der Waals surface area (Å²) in [5.74, 6) is -3.78. The molecule has 0 bridgehead atoms. The zero-order valence-electron chi connectivity index (χ0n) is 20.0. The van der Waals surface area contributed by atoms with Crippen molar-refractivity contribution < 1.29 is 40.4 Å². The highest BCUT2D eigenvalue weighted by Crippen LogP contribution is 2.32. The second-order valence-electron chi connectivity index (χ2n) is 8.18. The van der Waals surface area contributed by atoms with Gasteiger partial charge >= 0.3 is 12.1 Å². The quantitative estimate of drug-likeness (QED) is 0.178. The number of carbonyl (C=O) groups excluding carboxylic acids is 1. The van der Waals surface area contributed by atoms with Crippen LogP contribution in [0.5, 0.6) is 11.5 Å². The number of aryl methyl sites for hydroxylation is 1. The Hall–Kier alpha value is -3.32. The van der Waals surface area contributed by atoms with Crippen molar-refractivity contribution in [3.05, 3.63) is 70.6 Å². The predicted molar refractivity (Wildman–Crippen MR) is 130 cm³/mol. The molecule has 0 spiro atoms. The Balaban J connectivity index is 1.63. The van der Waals surface area contributed by atoms with Crippen molar-refractivity contribution >= 4 is 27.2 Å². The van der Waals surface area contributed by atoms with Crippen LogP contribution in [0.3, 0.4) is 0 Å². The van der Waals surface area contributed by atoms with Crippen LogP contribution in [0.4, 0.5) is 22.0 Å². The average molecular weight is 578 g/mol. The molecule has 0 aliphatic rings. The number of hydrogen-bond acceptors (Lipinski definition) is 6. The summed E-state index contributed by atoms with van der Waals surface area (Å²) in [4.78, 5) is 18.5. The molecule has 0 saturated heterocycles. The highest BCUT2D eigenvalue weighted by Gasteiger charge is 2.39. The standard InChI is InChI=1S/C24H21ClF5N3O4S/c1-14-8-15(13-38(2,35)33-22(34)24(28,29)30)10-17(9-14)36-6-3-7-37-20-11-16(26)4-5-18(20)21-19(27)12-31-23(25)32-21/h4-5,8-12H,3,6-7,13H2,1-2H3. The Bertz CT molecular complexity index is 1460. The van der Waals surface area contributed by atoms with Crippen LogP contribution < -0.4 is 9.47 Å². The van der Waals surface area contributed by atoms with Crippen LogP contribution in [-0.2, 0) is 20.3 Å². The van der Waals surface area contributed by atoms with E-state index in [1.807, 2.05) is 0 Å². The minimum atomic E-state index is -5.20. The van der Waals surface area contributed by atoms with Crippen LogP contribution in [0.2, 0.25) is 5.28 Å². The number of amides is 1. The van der Waals surface area contributed by atoms with Gasteiger partial charge in [-0.3, -0.25) is 4.79 Å². The van der Waals surface area contributed by atoms with E-state index in [-0.39, 0.29) is 41.3 Å². The summed E-state index contributed by atoms with van der Waals surface area (Å²) in [5, 5.41) is -0.192. The number of rotatable bonds is 9. The zero-order valence-corrected chi connectivity index (χ0v) is 21.6. The van der Waals surface area contributed by atoms with Crippen molar-refractivity contribution in [2.45, 2.75) is 25.3 Å². The largest absolute Gasteiger partial charge is 0.493 e. The molecule has 204 valence electrons. The minimum absolute atomic E-state index is 0.0337. The molecular weight excluding hydrogens is 557 g/mol. The third kappa shape index (κ3) is 8.35. The van der Waals surface area contributed by atoms with Gasteiger partial charge in [0.15, 0.2) is 5.82 Å². The Morgan fingerprint density at radius 1 is 1.11 bits per heavy atom. The van der Waals surface area contributed by atoms with E-state index in [9.17, 15) is 31.0 Å². The molecule has 1 amide bonds. The van der Waals surface area contributed by atoms with Crippen LogP contribution in [-0.4, -0.2) is 45.7 Å². The predicted octanol–water partition coefficient (Wildman–Crippen LogP) is 5.92. The fourth-order valence-corrected chi connectivity index (χ4v) is 4.77. The van der Waals surface area contributed by atoms with Gasteiger partial charge in [0.1, 0.15) is 23.0 Å². The number of alkyl halides is 3. The van der Waals surface area contributed by atoms with E-state index in [1.165, 1.54) is 12.1 Å². The van der Waals surface area contributed by atoms with E-state index in [4.69, 9.17) is 21.1 Å². The molecule has 1 aromatic heterocycles. The molecular formula is C24H21ClF5N3O4S. The number of carbonyl (C=O) groups is 1. The molecule has 0 radical (unpaired) electrons. The van der Waals surface area contributed by atoms with Crippen LogP contribution in [0.1, 0.15) is 17.5 Å². The Morgan fingerprint density at radius 3 is 2.53 bits per heavy atom. The van der Waals surface area contributed by atoms with Gasteiger partial charge < -0.3 is 9.47 Å². The summed E-state index contributed by atoms with van der Waals surface area (Å²) in [6, 6.07) is 8.24. The van der Waals surface area contributed by atoms with Gasteiger partial charge in [-0.25, -0.2) is 23.0 Å². The van der Waals surface area contributed by atoms with Gasteiger partial charge in [-0.15, -0.1) is 0 Å². The van der Waals surface area contributed by atoms with E-state index in [0.29, 0.717) is 23.3 Å². The van der Waals surface area contributed by atoms with Crippen molar-refractivity contribution in [3.8, 4) is 22.8 Å². The summed E-state index contributed by atoms with van der Waals surface area (Å²) >= 11 is 5.75. The van der Waals surface area contributed by atoms with Gasteiger partial charge in [0.25, 0.3) is 0 Å². The molecule has 7 nitrogen and oxygen atoms in total. The molecule has 1 heterocycles. The SMILES string of the molecule is Cc1cc(CS(C)(=O)=NC(=O)C(F)(F)F)cc(OCCCOc2cc(F)ccc2-c2nc(Cl)ncc2F)c1. The molecule has 1 unspecified atom stereocenters. The van der Waals surface area contributed by atoms with E-state index in [1.54, 1.807) is 19.1 Å². The van der Waals surface area contributed by atoms with Crippen LogP contribution in [0.15, 0.2) is 47.0 Å². The molecule has 0 fully saturated rings. The molecule has 3 aromatic rings. The summed E-state index contributed by atoms with van der Waals surface area (Å²) < 4.78 is 92.0. The van der Waals surface area contributed by atoms with E-state index in [2.05, 4.69) is 14.3 Å². The smallest absolute Gasteiger partial charge is 0.474 e. The van der Waals surface area contributed by atoms with E-state index < -0.39 is 33.4 Å². The van der Waals surface area contributed by atoms with Crippen molar-refractivity contribution in [2.24, 2.45) is 4.36 Å². The first kappa shape index (κ1) is 29.2. The van der Waals surface area contributed by atoms with Crippen molar-refractivity contribution in [2.75, 3.05) is 19.5 Å². The lowest BCUT2D eigenvalue weighted by molar-refractivity contribution is -0.169. The van der Waals surface area contributed by atoms with Crippen LogP contribution in [0, 0.1) is 18.6 Å². The first-order valence-electron chi connectivity index (χ1n) is 10.9. The number of ether oxygens (including phenoxy) is 2. The van der Waals surface area contributed by atoms with Gasteiger partial charge in [-0.2, -0.15) is 17.5 Å². The molecule has 3 rings (SSSR count). The van der Waals surface area contributed by atoms with Crippen molar-refractivity contribution in [1.82, 2.24) is 9.97 Å². The fourth-order valence-electron chi connectivity index (χ4n) is 3.34. The monoisotopic (exact) mass is 577 g/mol. The highest BCUT2D eigenvalue weighted by molar-refractivity contribution is 7.92. The van der Waals surface area contributed by atoms with E-state index >= 15 is 0 Å². The van der Waals surface area contributed by atoms with Crippen LogP contribution in [0.25, 0.3) is 11.3 Å². The first-order chi connectivity index (χ1) is 17.7. The summed E-state index contributed by atoms with van der Waals surface area (Å²) in [7, 11) is -3.49. The maximum atomic E-state index is 14.2. The average Bonchev–Trinajstić information content (AvgIpc) is 2.79. The Morgan fingerprint density at radius 2 is 1.82 bits per heavy atom. The maximum Gasteiger partial charge on any atom is 0.474 e. The van der Waals surface area contributed by atoms with Crippen LogP contribution >= 0.6 is 11.6 Å². The molecule has 0 saturated carbocycles. The number of aromatic nitrogens is 2. The third-order valence-electron chi connectivity index (χ3n) is 4.79. The lowest BCUT2D eigenvalue weighted by atomic mass is 10.1. The topological polar surface area (TPSA) is 90.7 Å². The molecule has 0 aliphatic heterocycles. The molecule has 0 N–H and O–H groups in total. The highest BCUT2D eigenvalue weighted by atomic mass is 35.5. The van der Waals surface area contributed by atoms with Crippen molar-refractivity contribution in [1.29, 1.82) is 0 Å². The lowest BCUT2D eigenvalue weighted by Crippen LogP contribution is -2.22. The third-order valence-corrected chi connectivity index (χ3v) is 6.40. The number of benzene rings is 2. The molecule has 2 aromatic carbocycles. The number of hydrogen-bond donors (Lipinski definition) is 0. The number of halogens is 6. The van der Waals surface area contributed by atoms with E-state index in [0.717, 1.165) is 24.6 Å². The molecule has 0 aliphatic carbocycles. The van der Waals surface area contributed by atoms with Gasteiger partial charge in [0, 0.05) is 24.3 Å².